The number of nitrogens with one attached hydrogen (secondary N) is 2. The van der Waals surface area contributed by atoms with Crippen molar-refractivity contribution >= 4 is 22.8 Å². The molecule has 1 atom stereocenters. The minimum atomic E-state index is -0.751. The predicted molar refractivity (Wildman–Crippen MR) is 95.9 cm³/mol. The maximum absolute atomic E-state index is 13.7. The molecule has 1 aromatic heterocycles. The number of benzene rings is 2. The van der Waals surface area contributed by atoms with E-state index in [9.17, 15) is 18.4 Å². The summed E-state index contributed by atoms with van der Waals surface area (Å²) in [7, 11) is 0. The van der Waals surface area contributed by atoms with Crippen LogP contribution in [0.15, 0.2) is 48.7 Å². The largest absolute Gasteiger partial charge is 0.455 e. The van der Waals surface area contributed by atoms with Gasteiger partial charge < -0.3 is 15.0 Å². The van der Waals surface area contributed by atoms with E-state index in [1.807, 2.05) is 24.3 Å². The van der Waals surface area contributed by atoms with Gasteiger partial charge in [-0.1, -0.05) is 24.3 Å². The third-order valence-electron chi connectivity index (χ3n) is 4.18. The molecule has 3 aromatic rings. The molecular weight excluding hydrogens is 354 g/mol. The monoisotopic (exact) mass is 372 g/mol. The van der Waals surface area contributed by atoms with Crippen molar-refractivity contribution in [2.45, 2.75) is 19.4 Å². The van der Waals surface area contributed by atoms with Gasteiger partial charge in [-0.15, -0.1) is 0 Å². The molecule has 0 saturated heterocycles. The van der Waals surface area contributed by atoms with E-state index in [1.165, 1.54) is 6.07 Å². The molecule has 0 spiro atoms. The lowest BCUT2D eigenvalue weighted by molar-refractivity contribution is -0.148. The molecule has 0 aliphatic carbocycles. The number of rotatable bonds is 6. The van der Waals surface area contributed by atoms with Gasteiger partial charge in [-0.3, -0.25) is 9.59 Å². The van der Waals surface area contributed by atoms with E-state index in [2.05, 4.69) is 10.3 Å². The van der Waals surface area contributed by atoms with Crippen molar-refractivity contribution in [1.82, 2.24) is 10.3 Å². The van der Waals surface area contributed by atoms with Gasteiger partial charge in [0.2, 0.25) is 0 Å². The third kappa shape index (κ3) is 4.49. The SMILES string of the molecule is C[C@H](NC(=O)COC(=O)Cc1c[nH]c2ccccc12)c1ccc(F)cc1F. The second kappa shape index (κ2) is 7.99. The number of fused-ring (bicyclic) bond motifs is 1. The van der Waals surface area contributed by atoms with Crippen LogP contribution < -0.4 is 5.32 Å². The molecule has 1 amide bonds. The highest BCUT2D eigenvalue weighted by Gasteiger charge is 2.16. The van der Waals surface area contributed by atoms with Crippen LogP contribution in [0, 0.1) is 11.6 Å². The predicted octanol–water partition coefficient (Wildman–Crippen LogP) is 3.41. The summed E-state index contributed by atoms with van der Waals surface area (Å²) < 4.78 is 31.7. The van der Waals surface area contributed by atoms with Crippen molar-refractivity contribution in [1.29, 1.82) is 0 Å². The number of carbonyl (C=O) groups excluding carboxylic acids is 2. The van der Waals surface area contributed by atoms with Crippen molar-refractivity contribution in [3.8, 4) is 0 Å². The number of hydrogen-bond donors (Lipinski definition) is 2. The maximum Gasteiger partial charge on any atom is 0.310 e. The molecule has 0 fully saturated rings. The number of hydrogen-bond acceptors (Lipinski definition) is 3. The third-order valence-corrected chi connectivity index (χ3v) is 4.18. The van der Waals surface area contributed by atoms with Gasteiger partial charge in [-0.25, -0.2) is 8.78 Å². The number of para-hydroxylation sites is 1. The Hall–Kier alpha value is -3.22. The zero-order valence-corrected chi connectivity index (χ0v) is 14.6. The first kappa shape index (κ1) is 18.6. The van der Waals surface area contributed by atoms with Crippen LogP contribution in [0.1, 0.15) is 24.1 Å². The van der Waals surface area contributed by atoms with Crippen LogP contribution in [0.25, 0.3) is 10.9 Å². The minimum Gasteiger partial charge on any atom is -0.455 e. The number of aromatic nitrogens is 1. The molecule has 0 aliphatic heterocycles. The smallest absolute Gasteiger partial charge is 0.310 e. The molecule has 140 valence electrons. The van der Waals surface area contributed by atoms with E-state index in [1.54, 1.807) is 13.1 Å². The summed E-state index contributed by atoms with van der Waals surface area (Å²) in [5, 5.41) is 3.43. The first-order chi connectivity index (χ1) is 12.9. The van der Waals surface area contributed by atoms with Crippen LogP contribution in [0.4, 0.5) is 8.78 Å². The molecule has 0 unspecified atom stereocenters. The zero-order chi connectivity index (χ0) is 19.4. The first-order valence-corrected chi connectivity index (χ1v) is 8.39. The van der Waals surface area contributed by atoms with Crippen LogP contribution in [0.5, 0.6) is 0 Å². The lowest BCUT2D eigenvalue weighted by atomic mass is 10.1. The fourth-order valence-corrected chi connectivity index (χ4v) is 2.84. The van der Waals surface area contributed by atoms with Gasteiger partial charge in [0, 0.05) is 28.7 Å². The maximum atomic E-state index is 13.7. The number of H-pyrrole nitrogens is 1. The quantitative estimate of drug-likeness (QED) is 0.652. The molecule has 7 heteroatoms. The van der Waals surface area contributed by atoms with E-state index in [4.69, 9.17) is 4.74 Å². The second-order valence-corrected chi connectivity index (χ2v) is 6.15. The highest BCUT2D eigenvalue weighted by atomic mass is 19.1. The summed E-state index contributed by atoms with van der Waals surface area (Å²) in [6.45, 7) is 1.08. The highest BCUT2D eigenvalue weighted by Crippen LogP contribution is 2.19. The lowest BCUT2D eigenvalue weighted by Gasteiger charge is -2.15. The van der Waals surface area contributed by atoms with Gasteiger partial charge in [0.05, 0.1) is 12.5 Å². The molecule has 3 rings (SSSR count). The summed E-state index contributed by atoms with van der Waals surface area (Å²) in [4.78, 5) is 27.0. The summed E-state index contributed by atoms with van der Waals surface area (Å²) in [5.41, 5.74) is 1.83. The molecule has 0 radical (unpaired) electrons. The van der Waals surface area contributed by atoms with Gasteiger partial charge in [0.15, 0.2) is 6.61 Å². The highest BCUT2D eigenvalue weighted by molar-refractivity contribution is 5.88. The standard InChI is InChI=1S/C20H18F2N2O3/c1-12(15-7-6-14(21)9-17(15)22)24-19(25)11-27-20(26)8-13-10-23-18-5-3-2-4-16(13)18/h2-7,9-10,12,23H,8,11H2,1H3,(H,24,25)/t12-/m0/s1. The topological polar surface area (TPSA) is 71.2 Å². The van der Waals surface area contributed by atoms with Gasteiger partial charge in [0.25, 0.3) is 5.91 Å². The van der Waals surface area contributed by atoms with Crippen LogP contribution in [-0.4, -0.2) is 23.5 Å². The Labute approximate surface area is 154 Å². The molecule has 2 aromatic carbocycles. The average molecular weight is 372 g/mol. The summed E-state index contributed by atoms with van der Waals surface area (Å²) in [5.74, 6) is -2.56. The van der Waals surface area contributed by atoms with Crippen LogP contribution >= 0.6 is 0 Å². The number of esters is 1. The molecule has 0 aliphatic rings. The fraction of sp³-hybridized carbons (Fsp3) is 0.200. The Balaban J connectivity index is 1.52. The lowest BCUT2D eigenvalue weighted by Crippen LogP contribution is -2.31. The fourth-order valence-electron chi connectivity index (χ4n) is 2.84. The average Bonchev–Trinajstić information content (AvgIpc) is 3.03. The van der Waals surface area contributed by atoms with Crippen LogP contribution in [-0.2, 0) is 20.7 Å². The minimum absolute atomic E-state index is 0.0272. The molecule has 5 nitrogen and oxygen atoms in total. The van der Waals surface area contributed by atoms with E-state index in [-0.39, 0.29) is 12.0 Å². The summed E-state index contributed by atoms with van der Waals surface area (Å²) in [6, 6.07) is 9.98. The summed E-state index contributed by atoms with van der Waals surface area (Å²) in [6.07, 6.45) is 1.75. The van der Waals surface area contributed by atoms with E-state index < -0.39 is 36.2 Å². The van der Waals surface area contributed by atoms with Gasteiger partial charge in [-0.2, -0.15) is 0 Å². The van der Waals surface area contributed by atoms with Crippen molar-refractivity contribution in [3.63, 3.8) is 0 Å². The molecule has 27 heavy (non-hydrogen) atoms. The normalized spacial score (nSPS) is 12.0. The molecule has 2 N–H and O–H groups in total. The molecule has 0 bridgehead atoms. The van der Waals surface area contributed by atoms with Crippen molar-refractivity contribution in [2.24, 2.45) is 0 Å². The molecular formula is C20H18F2N2O3. The van der Waals surface area contributed by atoms with Crippen molar-refractivity contribution < 1.29 is 23.1 Å². The number of carbonyl (C=O) groups is 2. The van der Waals surface area contributed by atoms with E-state index in [0.717, 1.165) is 28.6 Å². The first-order valence-electron chi connectivity index (χ1n) is 8.39. The van der Waals surface area contributed by atoms with Crippen molar-refractivity contribution in [2.75, 3.05) is 6.61 Å². The Bertz CT molecular complexity index is 984. The summed E-state index contributed by atoms with van der Waals surface area (Å²) >= 11 is 0. The number of ether oxygens (including phenoxy) is 1. The second-order valence-electron chi connectivity index (χ2n) is 6.15. The Morgan fingerprint density at radius 3 is 2.74 bits per heavy atom. The number of halogens is 2. The molecule has 1 heterocycles. The van der Waals surface area contributed by atoms with Crippen molar-refractivity contribution in [3.05, 3.63) is 71.4 Å². The number of aromatic amines is 1. The van der Waals surface area contributed by atoms with Crippen LogP contribution in [0.3, 0.4) is 0 Å². The Morgan fingerprint density at radius 2 is 1.96 bits per heavy atom. The van der Waals surface area contributed by atoms with E-state index in [0.29, 0.717) is 0 Å². The van der Waals surface area contributed by atoms with Gasteiger partial charge in [-0.05, 0) is 24.6 Å². The van der Waals surface area contributed by atoms with Gasteiger partial charge >= 0.3 is 5.97 Å². The molecule has 0 saturated carbocycles. The number of amides is 1. The Morgan fingerprint density at radius 1 is 1.19 bits per heavy atom. The van der Waals surface area contributed by atoms with E-state index >= 15 is 0 Å². The van der Waals surface area contributed by atoms with Crippen LogP contribution in [0.2, 0.25) is 0 Å². The Kier molecular flexibility index (Phi) is 5.49. The van der Waals surface area contributed by atoms with Gasteiger partial charge in [0.1, 0.15) is 11.6 Å². The zero-order valence-electron chi connectivity index (χ0n) is 14.6.